The Labute approximate surface area is 127 Å². The van der Waals surface area contributed by atoms with Crippen LogP contribution < -0.4 is 14.8 Å². The van der Waals surface area contributed by atoms with Crippen LogP contribution >= 0.6 is 11.8 Å². The third-order valence-electron chi connectivity index (χ3n) is 2.93. The molecular weight excluding hydrogens is 292 g/mol. The van der Waals surface area contributed by atoms with E-state index in [2.05, 4.69) is 5.32 Å². The lowest BCUT2D eigenvalue weighted by molar-refractivity contribution is -0.121. The molecule has 1 aromatic carbocycles. The van der Waals surface area contributed by atoms with E-state index in [1.165, 1.54) is 11.8 Å². The number of amides is 2. The number of hydrogen-bond acceptors (Lipinski definition) is 5. The van der Waals surface area contributed by atoms with Crippen molar-refractivity contribution in [1.29, 1.82) is 0 Å². The number of carbonyl (C=O) groups is 2. The van der Waals surface area contributed by atoms with Crippen LogP contribution in [0, 0.1) is 0 Å². The number of para-hydroxylation sites is 2. The van der Waals surface area contributed by atoms with Gasteiger partial charge in [0.05, 0.1) is 13.7 Å². The van der Waals surface area contributed by atoms with Crippen LogP contribution in [-0.2, 0) is 4.79 Å². The monoisotopic (exact) mass is 310 g/mol. The first-order chi connectivity index (χ1) is 10.2. The van der Waals surface area contributed by atoms with Crippen LogP contribution in [0.4, 0.5) is 4.79 Å². The van der Waals surface area contributed by atoms with E-state index in [1.54, 1.807) is 18.1 Å². The van der Waals surface area contributed by atoms with Crippen LogP contribution in [0.1, 0.15) is 0 Å². The quantitative estimate of drug-likeness (QED) is 0.770. The van der Waals surface area contributed by atoms with Gasteiger partial charge in [-0.25, -0.2) is 0 Å². The van der Waals surface area contributed by atoms with Crippen molar-refractivity contribution in [2.75, 3.05) is 39.1 Å². The highest BCUT2D eigenvalue weighted by molar-refractivity contribution is 8.13. The summed E-state index contributed by atoms with van der Waals surface area (Å²) >= 11 is 1.25. The van der Waals surface area contributed by atoms with Gasteiger partial charge >= 0.3 is 0 Å². The highest BCUT2D eigenvalue weighted by atomic mass is 32.2. The summed E-state index contributed by atoms with van der Waals surface area (Å²) in [5.74, 6) is 1.88. The topological polar surface area (TPSA) is 67.9 Å². The standard InChI is InChI=1S/C14H18N2O4S/c1-19-11-4-2-3-5-12(11)20-8-6-15-13(17)10-16-7-9-21-14(16)18/h2-5H,6-10H2,1H3,(H,15,17). The van der Waals surface area contributed by atoms with Gasteiger partial charge in [0.1, 0.15) is 13.2 Å². The van der Waals surface area contributed by atoms with Crippen molar-refractivity contribution in [2.45, 2.75) is 0 Å². The number of hydrogen-bond donors (Lipinski definition) is 1. The van der Waals surface area contributed by atoms with Crippen LogP contribution in [0.3, 0.4) is 0 Å². The number of carbonyl (C=O) groups excluding carboxylic acids is 2. The maximum Gasteiger partial charge on any atom is 0.282 e. The van der Waals surface area contributed by atoms with Gasteiger partial charge in [0, 0.05) is 12.3 Å². The highest BCUT2D eigenvalue weighted by Crippen LogP contribution is 2.25. The highest BCUT2D eigenvalue weighted by Gasteiger charge is 2.22. The van der Waals surface area contributed by atoms with Gasteiger partial charge in [-0.1, -0.05) is 23.9 Å². The number of rotatable bonds is 7. The van der Waals surface area contributed by atoms with Gasteiger partial charge < -0.3 is 19.7 Å². The van der Waals surface area contributed by atoms with E-state index in [1.807, 2.05) is 18.2 Å². The van der Waals surface area contributed by atoms with E-state index < -0.39 is 0 Å². The van der Waals surface area contributed by atoms with Crippen LogP contribution in [-0.4, -0.2) is 55.2 Å². The summed E-state index contributed by atoms with van der Waals surface area (Å²) in [7, 11) is 1.58. The molecule has 2 amide bonds. The Morgan fingerprint density at radius 1 is 1.38 bits per heavy atom. The summed E-state index contributed by atoms with van der Waals surface area (Å²) in [6.07, 6.45) is 0. The molecule has 1 N–H and O–H groups in total. The summed E-state index contributed by atoms with van der Waals surface area (Å²) in [6, 6.07) is 7.33. The predicted molar refractivity (Wildman–Crippen MR) is 80.9 cm³/mol. The number of nitrogens with one attached hydrogen (secondary N) is 1. The van der Waals surface area contributed by atoms with Crippen molar-refractivity contribution >= 4 is 22.9 Å². The van der Waals surface area contributed by atoms with Crippen LogP contribution in [0.5, 0.6) is 11.5 Å². The molecule has 0 aromatic heterocycles. The fourth-order valence-corrected chi connectivity index (χ4v) is 2.71. The maximum atomic E-state index is 11.7. The number of benzene rings is 1. The van der Waals surface area contributed by atoms with E-state index in [4.69, 9.17) is 9.47 Å². The Morgan fingerprint density at radius 2 is 2.14 bits per heavy atom. The first kappa shape index (κ1) is 15.5. The maximum absolute atomic E-state index is 11.7. The molecule has 1 heterocycles. The molecule has 1 saturated heterocycles. The van der Waals surface area contributed by atoms with Gasteiger partial charge in [0.2, 0.25) is 5.91 Å². The van der Waals surface area contributed by atoms with Gasteiger partial charge in [-0.05, 0) is 12.1 Å². The minimum atomic E-state index is -0.172. The van der Waals surface area contributed by atoms with Crippen molar-refractivity contribution in [3.63, 3.8) is 0 Å². The van der Waals surface area contributed by atoms with E-state index >= 15 is 0 Å². The second-order valence-electron chi connectivity index (χ2n) is 4.39. The van der Waals surface area contributed by atoms with Crippen molar-refractivity contribution in [1.82, 2.24) is 10.2 Å². The zero-order chi connectivity index (χ0) is 15.1. The van der Waals surface area contributed by atoms with Crippen molar-refractivity contribution in [2.24, 2.45) is 0 Å². The molecule has 21 heavy (non-hydrogen) atoms. The Balaban J connectivity index is 1.67. The normalized spacial score (nSPS) is 14.1. The molecule has 1 aliphatic heterocycles. The minimum Gasteiger partial charge on any atom is -0.493 e. The third-order valence-corrected chi connectivity index (χ3v) is 3.82. The average Bonchev–Trinajstić information content (AvgIpc) is 2.89. The average molecular weight is 310 g/mol. The Bertz CT molecular complexity index is 510. The van der Waals surface area contributed by atoms with Crippen LogP contribution in [0.2, 0.25) is 0 Å². The summed E-state index contributed by atoms with van der Waals surface area (Å²) in [6.45, 7) is 1.47. The molecule has 1 aromatic rings. The van der Waals surface area contributed by atoms with Gasteiger partial charge in [-0.3, -0.25) is 9.59 Å². The lowest BCUT2D eigenvalue weighted by Gasteiger charge is -2.14. The van der Waals surface area contributed by atoms with Gasteiger partial charge in [-0.2, -0.15) is 0 Å². The van der Waals surface area contributed by atoms with Gasteiger partial charge in [0.25, 0.3) is 5.24 Å². The van der Waals surface area contributed by atoms with E-state index in [9.17, 15) is 9.59 Å². The first-order valence-electron chi connectivity index (χ1n) is 6.65. The number of thioether (sulfide) groups is 1. The number of methoxy groups -OCH3 is 1. The predicted octanol–water partition coefficient (Wildman–Crippen LogP) is 1.36. The van der Waals surface area contributed by atoms with E-state index in [-0.39, 0.29) is 17.7 Å². The smallest absolute Gasteiger partial charge is 0.282 e. The summed E-state index contributed by atoms with van der Waals surface area (Å²) < 4.78 is 10.7. The van der Waals surface area contributed by atoms with Gasteiger partial charge in [0.15, 0.2) is 11.5 Å². The second kappa shape index (κ2) is 7.78. The molecule has 6 nitrogen and oxygen atoms in total. The zero-order valence-electron chi connectivity index (χ0n) is 11.8. The molecule has 1 fully saturated rings. The van der Waals surface area contributed by atoms with Gasteiger partial charge in [-0.15, -0.1) is 0 Å². The molecule has 114 valence electrons. The van der Waals surface area contributed by atoms with E-state index in [0.29, 0.717) is 31.2 Å². The Morgan fingerprint density at radius 3 is 2.81 bits per heavy atom. The molecule has 0 bridgehead atoms. The molecule has 0 radical (unpaired) electrons. The second-order valence-corrected chi connectivity index (χ2v) is 5.43. The fraction of sp³-hybridized carbons (Fsp3) is 0.429. The lowest BCUT2D eigenvalue weighted by atomic mass is 10.3. The Kier molecular flexibility index (Phi) is 5.74. The van der Waals surface area contributed by atoms with Crippen molar-refractivity contribution in [3.8, 4) is 11.5 Å². The molecule has 0 atom stereocenters. The van der Waals surface area contributed by atoms with Crippen molar-refractivity contribution in [3.05, 3.63) is 24.3 Å². The lowest BCUT2D eigenvalue weighted by Crippen LogP contribution is -2.38. The first-order valence-corrected chi connectivity index (χ1v) is 7.63. The van der Waals surface area contributed by atoms with Crippen molar-refractivity contribution < 1.29 is 19.1 Å². The fourth-order valence-electron chi connectivity index (χ4n) is 1.89. The number of ether oxygens (including phenoxy) is 2. The largest absolute Gasteiger partial charge is 0.493 e. The molecule has 0 aliphatic carbocycles. The van der Waals surface area contributed by atoms with Crippen LogP contribution in [0.25, 0.3) is 0 Å². The molecular formula is C14H18N2O4S. The Hall–Kier alpha value is -1.89. The SMILES string of the molecule is COc1ccccc1OCCNC(=O)CN1CCSC1=O. The summed E-state index contributed by atoms with van der Waals surface area (Å²) in [4.78, 5) is 24.6. The summed E-state index contributed by atoms with van der Waals surface area (Å²) in [5.41, 5.74) is 0. The molecule has 0 spiro atoms. The van der Waals surface area contributed by atoms with Crippen LogP contribution in [0.15, 0.2) is 24.3 Å². The molecule has 7 heteroatoms. The molecule has 0 unspecified atom stereocenters. The third kappa shape index (κ3) is 4.56. The summed E-state index contributed by atoms with van der Waals surface area (Å²) in [5, 5.41) is 2.70. The van der Waals surface area contributed by atoms with E-state index in [0.717, 1.165) is 5.75 Å². The molecule has 0 saturated carbocycles. The molecule has 2 rings (SSSR count). The minimum absolute atomic E-state index is 0.0320. The molecule has 1 aliphatic rings. The zero-order valence-corrected chi connectivity index (χ0v) is 12.6. The number of nitrogens with zero attached hydrogens (tertiary/aromatic N) is 1.